The molecule has 0 atom stereocenters. The second-order valence-electron chi connectivity index (χ2n) is 6.53. The van der Waals surface area contributed by atoms with Gasteiger partial charge in [-0.25, -0.2) is 9.78 Å². The van der Waals surface area contributed by atoms with Gasteiger partial charge in [0.05, 0.1) is 6.54 Å². The fourth-order valence-electron chi connectivity index (χ4n) is 2.34. The van der Waals surface area contributed by atoms with Crippen molar-refractivity contribution in [1.29, 1.82) is 0 Å². The Balaban J connectivity index is 1.64. The van der Waals surface area contributed by atoms with Crippen LogP contribution in [0.15, 0.2) is 29.6 Å². The van der Waals surface area contributed by atoms with Crippen LogP contribution in [0.2, 0.25) is 5.02 Å². The number of thiazole rings is 1. The Bertz CT molecular complexity index is 787. The van der Waals surface area contributed by atoms with E-state index in [9.17, 15) is 9.59 Å². The number of rotatable bonds is 6. The fourth-order valence-corrected chi connectivity index (χ4v) is 3.24. The van der Waals surface area contributed by atoms with Crippen LogP contribution in [-0.4, -0.2) is 33.9 Å². The van der Waals surface area contributed by atoms with Gasteiger partial charge in [-0.2, -0.15) is 0 Å². The van der Waals surface area contributed by atoms with Crippen molar-refractivity contribution in [1.82, 2.24) is 15.2 Å². The van der Waals surface area contributed by atoms with E-state index in [2.05, 4.69) is 15.6 Å². The summed E-state index contributed by atoms with van der Waals surface area (Å²) >= 11 is 7.25. The minimum atomic E-state index is -0.221. The number of aromatic nitrogens is 1. The van der Waals surface area contributed by atoms with E-state index in [1.807, 2.05) is 13.8 Å². The number of carbonyl (C=O) groups is 2. The summed E-state index contributed by atoms with van der Waals surface area (Å²) in [5.74, 6) is -0.142. The second kappa shape index (κ2) is 8.05. The Hall–Kier alpha value is -2.12. The summed E-state index contributed by atoms with van der Waals surface area (Å²) in [5.41, 5.74) is 1.09. The van der Waals surface area contributed by atoms with Crippen LogP contribution in [0.25, 0.3) is 0 Å². The topological polar surface area (TPSA) is 74.3 Å². The molecule has 6 nitrogen and oxygen atoms in total. The SMILES string of the molecule is CC(C)N(Cc1nc(C(=O)NC2CC2)cs1)C(=O)Nc1ccc(Cl)cc1. The molecule has 138 valence electrons. The monoisotopic (exact) mass is 392 g/mol. The first-order valence-electron chi connectivity index (χ1n) is 8.51. The van der Waals surface area contributed by atoms with Crippen molar-refractivity contribution in [2.24, 2.45) is 0 Å². The van der Waals surface area contributed by atoms with Gasteiger partial charge in [-0.3, -0.25) is 4.79 Å². The number of hydrogen-bond donors (Lipinski definition) is 2. The summed E-state index contributed by atoms with van der Waals surface area (Å²) in [6.07, 6.45) is 2.07. The molecule has 1 saturated carbocycles. The molecular weight excluding hydrogens is 372 g/mol. The molecule has 1 fully saturated rings. The van der Waals surface area contributed by atoms with Gasteiger partial charge in [-0.15, -0.1) is 11.3 Å². The lowest BCUT2D eigenvalue weighted by molar-refractivity contribution is 0.0946. The Kier molecular flexibility index (Phi) is 5.78. The van der Waals surface area contributed by atoms with Crippen LogP contribution in [0.5, 0.6) is 0 Å². The second-order valence-corrected chi connectivity index (χ2v) is 7.91. The quantitative estimate of drug-likeness (QED) is 0.776. The first-order chi connectivity index (χ1) is 12.4. The number of nitrogens with one attached hydrogen (secondary N) is 2. The van der Waals surface area contributed by atoms with Crippen molar-refractivity contribution in [3.8, 4) is 0 Å². The van der Waals surface area contributed by atoms with E-state index in [0.717, 1.165) is 17.8 Å². The lowest BCUT2D eigenvalue weighted by atomic mass is 10.3. The van der Waals surface area contributed by atoms with Gasteiger partial charge in [0, 0.05) is 28.2 Å². The number of carbonyl (C=O) groups excluding carboxylic acids is 2. The standard InChI is InChI=1S/C18H21ClN4O2S/c1-11(2)23(18(25)21-14-5-3-12(19)4-6-14)9-16-22-15(10-26-16)17(24)20-13-7-8-13/h3-6,10-11,13H,7-9H2,1-2H3,(H,20,24)(H,21,25). The molecule has 2 aromatic rings. The maximum atomic E-state index is 12.6. The number of amides is 3. The predicted octanol–water partition coefficient (Wildman–Crippen LogP) is 4.13. The average Bonchev–Trinajstić information content (AvgIpc) is 3.28. The van der Waals surface area contributed by atoms with Gasteiger partial charge in [-0.1, -0.05) is 11.6 Å². The summed E-state index contributed by atoms with van der Waals surface area (Å²) in [6, 6.07) is 7.01. The Morgan fingerprint density at radius 1 is 1.31 bits per heavy atom. The molecule has 1 aromatic heterocycles. The maximum absolute atomic E-state index is 12.6. The molecule has 0 unspecified atom stereocenters. The molecule has 1 aliphatic carbocycles. The summed E-state index contributed by atoms with van der Waals surface area (Å²) in [4.78, 5) is 30.7. The summed E-state index contributed by atoms with van der Waals surface area (Å²) in [5, 5.41) is 8.86. The van der Waals surface area contributed by atoms with Crippen molar-refractivity contribution in [3.05, 3.63) is 45.4 Å². The number of urea groups is 1. The third kappa shape index (κ3) is 4.95. The largest absolute Gasteiger partial charge is 0.348 e. The molecule has 1 aliphatic rings. The minimum Gasteiger partial charge on any atom is -0.348 e. The van der Waals surface area contributed by atoms with E-state index in [-0.39, 0.29) is 18.0 Å². The molecule has 1 aromatic carbocycles. The zero-order chi connectivity index (χ0) is 18.7. The molecule has 0 aliphatic heterocycles. The zero-order valence-corrected chi connectivity index (χ0v) is 16.2. The fraction of sp³-hybridized carbons (Fsp3) is 0.389. The van der Waals surface area contributed by atoms with E-state index in [4.69, 9.17) is 11.6 Å². The number of benzene rings is 1. The molecule has 0 spiro atoms. The van der Waals surface area contributed by atoms with Crippen LogP contribution < -0.4 is 10.6 Å². The van der Waals surface area contributed by atoms with Crippen LogP contribution in [-0.2, 0) is 6.54 Å². The molecule has 2 N–H and O–H groups in total. The minimum absolute atomic E-state index is 0.0186. The van der Waals surface area contributed by atoms with Gasteiger partial charge >= 0.3 is 6.03 Å². The highest BCUT2D eigenvalue weighted by Gasteiger charge is 2.25. The first kappa shape index (κ1) is 18.7. The van der Waals surface area contributed by atoms with E-state index in [1.165, 1.54) is 11.3 Å². The van der Waals surface area contributed by atoms with Crippen LogP contribution >= 0.6 is 22.9 Å². The molecule has 8 heteroatoms. The summed E-state index contributed by atoms with van der Waals surface area (Å²) in [7, 11) is 0. The Morgan fingerprint density at radius 2 is 2.00 bits per heavy atom. The van der Waals surface area contributed by atoms with Crippen molar-refractivity contribution >= 4 is 40.6 Å². The third-order valence-corrected chi connectivity index (χ3v) is 5.07. The Labute approximate surface area is 161 Å². The molecule has 26 heavy (non-hydrogen) atoms. The number of anilines is 1. The smallest absolute Gasteiger partial charge is 0.322 e. The molecule has 0 radical (unpaired) electrons. The van der Waals surface area contributed by atoms with Crippen LogP contribution in [0.1, 0.15) is 42.2 Å². The molecule has 3 rings (SSSR count). The lowest BCUT2D eigenvalue weighted by Gasteiger charge is -2.26. The van der Waals surface area contributed by atoms with Gasteiger partial charge in [0.15, 0.2) is 0 Å². The highest BCUT2D eigenvalue weighted by Crippen LogP contribution is 2.21. The van der Waals surface area contributed by atoms with Crippen LogP contribution in [0.3, 0.4) is 0 Å². The predicted molar refractivity (Wildman–Crippen MR) is 104 cm³/mol. The van der Waals surface area contributed by atoms with Crippen LogP contribution in [0.4, 0.5) is 10.5 Å². The normalized spacial score (nSPS) is 13.5. The highest BCUT2D eigenvalue weighted by atomic mass is 35.5. The van der Waals surface area contributed by atoms with E-state index >= 15 is 0 Å². The molecule has 0 saturated heterocycles. The van der Waals surface area contributed by atoms with Gasteiger partial charge in [0.1, 0.15) is 10.7 Å². The van der Waals surface area contributed by atoms with Crippen molar-refractivity contribution in [2.75, 3.05) is 5.32 Å². The van der Waals surface area contributed by atoms with Crippen molar-refractivity contribution in [2.45, 2.75) is 45.3 Å². The average molecular weight is 393 g/mol. The van der Waals surface area contributed by atoms with Gasteiger partial charge in [-0.05, 0) is 51.0 Å². The zero-order valence-electron chi connectivity index (χ0n) is 14.7. The number of halogens is 1. The molecule has 3 amide bonds. The van der Waals surface area contributed by atoms with Crippen molar-refractivity contribution < 1.29 is 9.59 Å². The first-order valence-corrected chi connectivity index (χ1v) is 9.76. The summed E-state index contributed by atoms with van der Waals surface area (Å²) < 4.78 is 0. The molecule has 1 heterocycles. The lowest BCUT2D eigenvalue weighted by Crippen LogP contribution is -2.39. The van der Waals surface area contributed by atoms with Gasteiger partial charge in [0.2, 0.25) is 0 Å². The molecule has 0 bridgehead atoms. The number of hydrogen-bond acceptors (Lipinski definition) is 4. The maximum Gasteiger partial charge on any atom is 0.322 e. The summed E-state index contributed by atoms with van der Waals surface area (Å²) in [6.45, 7) is 4.23. The van der Waals surface area contributed by atoms with E-state index in [0.29, 0.717) is 29.0 Å². The van der Waals surface area contributed by atoms with E-state index < -0.39 is 0 Å². The van der Waals surface area contributed by atoms with Gasteiger partial charge < -0.3 is 15.5 Å². The molecular formula is C18H21ClN4O2S. The Morgan fingerprint density at radius 3 is 2.62 bits per heavy atom. The van der Waals surface area contributed by atoms with E-state index in [1.54, 1.807) is 34.5 Å². The highest BCUT2D eigenvalue weighted by molar-refractivity contribution is 7.09. The van der Waals surface area contributed by atoms with Crippen molar-refractivity contribution in [3.63, 3.8) is 0 Å². The van der Waals surface area contributed by atoms with Crippen LogP contribution in [0, 0.1) is 0 Å². The van der Waals surface area contributed by atoms with Gasteiger partial charge in [0.25, 0.3) is 5.91 Å². The number of nitrogens with zero attached hydrogens (tertiary/aromatic N) is 2. The third-order valence-electron chi connectivity index (χ3n) is 3.98.